The number of benzene rings is 3. The summed E-state index contributed by atoms with van der Waals surface area (Å²) >= 11 is 0. The van der Waals surface area contributed by atoms with Gasteiger partial charge in [-0.2, -0.15) is 0 Å². The van der Waals surface area contributed by atoms with Crippen LogP contribution in [0.4, 0.5) is 18.9 Å². The molecule has 12 heteroatoms. The van der Waals surface area contributed by atoms with Crippen LogP contribution in [0.5, 0.6) is 5.75 Å². The number of hydrogen-bond donors (Lipinski definition) is 3. The highest BCUT2D eigenvalue weighted by molar-refractivity contribution is 5.94. The summed E-state index contributed by atoms with van der Waals surface area (Å²) in [5.41, 5.74) is -0.873. The van der Waals surface area contributed by atoms with Crippen molar-refractivity contribution in [1.82, 2.24) is 14.9 Å². The third-order valence-corrected chi connectivity index (χ3v) is 8.84. The summed E-state index contributed by atoms with van der Waals surface area (Å²) in [6.07, 6.45) is 2.98. The fourth-order valence-corrected chi connectivity index (χ4v) is 6.49. The van der Waals surface area contributed by atoms with Crippen molar-refractivity contribution in [2.75, 3.05) is 24.6 Å². The van der Waals surface area contributed by atoms with Gasteiger partial charge in [-0.3, -0.25) is 9.78 Å². The molecule has 0 bridgehead atoms. The van der Waals surface area contributed by atoms with E-state index in [0.717, 1.165) is 22.7 Å². The summed E-state index contributed by atoms with van der Waals surface area (Å²) in [6, 6.07) is 15.3. The molecule has 2 aromatic heterocycles. The Hall–Kier alpha value is -4.94. The van der Waals surface area contributed by atoms with E-state index < -0.39 is 63.1 Å². The van der Waals surface area contributed by atoms with Gasteiger partial charge < -0.3 is 29.7 Å². The van der Waals surface area contributed by atoms with Crippen LogP contribution in [0, 0.1) is 17.5 Å². The molecule has 2 aliphatic rings. The first kappa shape index (κ1) is 30.7. The van der Waals surface area contributed by atoms with Crippen molar-refractivity contribution in [1.29, 1.82) is 0 Å². The maximum absolute atomic E-state index is 16.2. The van der Waals surface area contributed by atoms with Gasteiger partial charge in [-0.25, -0.2) is 18.0 Å². The summed E-state index contributed by atoms with van der Waals surface area (Å²) in [5.74, 6) is -5.29. The van der Waals surface area contributed by atoms with Crippen LogP contribution < -0.4 is 20.4 Å². The quantitative estimate of drug-likeness (QED) is 0.194. The maximum Gasteiger partial charge on any atom is 0.341 e. The average molecular weight is 645 g/mol. The number of para-hydroxylation sites is 1. The van der Waals surface area contributed by atoms with Crippen molar-refractivity contribution in [3.63, 3.8) is 0 Å². The van der Waals surface area contributed by atoms with Gasteiger partial charge in [-0.1, -0.05) is 30.3 Å². The Bertz CT molecular complexity index is 2080. The summed E-state index contributed by atoms with van der Waals surface area (Å²) in [7, 11) is 0. The van der Waals surface area contributed by atoms with E-state index in [1.54, 1.807) is 36.5 Å². The molecule has 0 spiro atoms. The minimum atomic E-state index is -1.59. The number of anilines is 1. The van der Waals surface area contributed by atoms with Crippen molar-refractivity contribution in [2.24, 2.45) is 0 Å². The molecule has 3 atom stereocenters. The van der Waals surface area contributed by atoms with E-state index in [1.165, 1.54) is 9.47 Å². The van der Waals surface area contributed by atoms with Crippen molar-refractivity contribution >= 4 is 33.5 Å². The maximum atomic E-state index is 16.2. The first-order valence-electron chi connectivity index (χ1n) is 15.4. The SMILES string of the molecule is C[C@@H]1CN(c2c(F)c(F)c3c(=O)c(C(=O)O)cn(C4CC4)c3c2F)C[C@H](COc2ccc([C@@H](O)c3ccnc4ccccc34)cc2)N1. The standard InChI is InChI=1S/C35H31F3N4O5/c1-18-14-41(32-29(37)28(36)27-31(30(32)38)42(21-8-9-21)16-25(34(27)44)35(45)46)15-20(40-18)17-47-22-10-6-19(7-11-22)33(43)24-12-13-39-26-5-3-2-4-23(24)26/h2-7,10-13,16,18,20-21,33,40,43H,8-9,14-15,17H2,1H3,(H,45,46)/t18-,20-,33-/m1/s1. The van der Waals surface area contributed by atoms with Gasteiger partial charge in [-0.05, 0) is 55.2 Å². The first-order valence-corrected chi connectivity index (χ1v) is 15.4. The number of aromatic nitrogens is 2. The lowest BCUT2D eigenvalue weighted by Gasteiger charge is -2.39. The third kappa shape index (κ3) is 5.57. The van der Waals surface area contributed by atoms with Gasteiger partial charge in [0.05, 0.1) is 22.5 Å². The minimum absolute atomic E-state index is 0.0654. The zero-order chi connectivity index (χ0) is 33.0. The Kier molecular flexibility index (Phi) is 7.85. The summed E-state index contributed by atoms with van der Waals surface area (Å²) in [4.78, 5) is 30.3. The monoisotopic (exact) mass is 644 g/mol. The zero-order valence-corrected chi connectivity index (χ0v) is 25.3. The number of hydrogen-bond acceptors (Lipinski definition) is 7. The van der Waals surface area contributed by atoms with Gasteiger partial charge in [0.2, 0.25) is 5.43 Å². The van der Waals surface area contributed by atoms with Crippen LogP contribution in [-0.4, -0.2) is 57.5 Å². The molecule has 1 saturated heterocycles. The molecule has 0 unspecified atom stereocenters. The highest BCUT2D eigenvalue weighted by atomic mass is 19.2. The zero-order valence-electron chi connectivity index (χ0n) is 25.3. The minimum Gasteiger partial charge on any atom is -0.492 e. The molecule has 1 aliphatic heterocycles. The summed E-state index contributed by atoms with van der Waals surface area (Å²) < 4.78 is 54.7. The molecular weight excluding hydrogens is 613 g/mol. The van der Waals surface area contributed by atoms with Crippen LogP contribution in [0.1, 0.15) is 53.4 Å². The van der Waals surface area contributed by atoms with Gasteiger partial charge in [0.15, 0.2) is 17.5 Å². The number of carbonyl (C=O) groups is 1. The molecule has 1 saturated carbocycles. The molecule has 7 rings (SSSR count). The van der Waals surface area contributed by atoms with Gasteiger partial charge in [0.1, 0.15) is 29.7 Å². The number of fused-ring (bicyclic) bond motifs is 2. The molecule has 1 aliphatic carbocycles. The number of rotatable bonds is 8. The Morgan fingerprint density at radius 3 is 2.51 bits per heavy atom. The topological polar surface area (TPSA) is 117 Å². The number of carboxylic acid groups (broad SMARTS) is 1. The second kappa shape index (κ2) is 12.0. The normalized spacial score (nSPS) is 18.9. The molecule has 3 N–H and O–H groups in total. The molecule has 3 heterocycles. The van der Waals surface area contributed by atoms with Crippen LogP contribution >= 0.6 is 0 Å². The summed E-state index contributed by atoms with van der Waals surface area (Å²) in [5, 5.41) is 23.9. The van der Waals surface area contributed by atoms with Gasteiger partial charge in [-0.15, -0.1) is 0 Å². The van der Waals surface area contributed by atoms with E-state index in [9.17, 15) is 19.8 Å². The third-order valence-electron chi connectivity index (χ3n) is 8.84. The predicted molar refractivity (Wildman–Crippen MR) is 170 cm³/mol. The van der Waals surface area contributed by atoms with Crippen LogP contribution in [0.2, 0.25) is 0 Å². The van der Waals surface area contributed by atoms with E-state index in [4.69, 9.17) is 4.74 Å². The molecule has 0 radical (unpaired) electrons. The molecule has 2 fully saturated rings. The summed E-state index contributed by atoms with van der Waals surface area (Å²) in [6.45, 7) is 2.15. The molecule has 9 nitrogen and oxygen atoms in total. The number of ether oxygens (including phenoxy) is 1. The van der Waals surface area contributed by atoms with Crippen LogP contribution in [0.25, 0.3) is 21.8 Å². The van der Waals surface area contributed by atoms with Crippen LogP contribution in [-0.2, 0) is 0 Å². The van der Waals surface area contributed by atoms with E-state index in [1.807, 2.05) is 31.2 Å². The number of aromatic carboxylic acids is 1. The van der Waals surface area contributed by atoms with E-state index in [2.05, 4.69) is 10.3 Å². The lowest BCUT2D eigenvalue weighted by molar-refractivity contribution is 0.0694. The number of nitrogens with zero attached hydrogens (tertiary/aromatic N) is 3. The van der Waals surface area contributed by atoms with E-state index in [-0.39, 0.29) is 31.8 Å². The van der Waals surface area contributed by atoms with Crippen molar-refractivity contribution in [2.45, 2.75) is 44.0 Å². The van der Waals surface area contributed by atoms with Crippen LogP contribution in [0.3, 0.4) is 0 Å². The second-order valence-electron chi connectivity index (χ2n) is 12.2. The predicted octanol–water partition coefficient (Wildman–Crippen LogP) is 5.33. The second-order valence-corrected chi connectivity index (χ2v) is 12.2. The van der Waals surface area contributed by atoms with E-state index in [0.29, 0.717) is 24.2 Å². The average Bonchev–Trinajstić information content (AvgIpc) is 3.91. The Morgan fingerprint density at radius 1 is 1.04 bits per heavy atom. The molecule has 0 amide bonds. The van der Waals surface area contributed by atoms with Crippen molar-refractivity contribution < 1.29 is 32.9 Å². The Morgan fingerprint density at radius 2 is 1.79 bits per heavy atom. The van der Waals surface area contributed by atoms with Gasteiger partial charge in [0, 0.05) is 43.0 Å². The fourth-order valence-electron chi connectivity index (χ4n) is 6.49. The number of piperazine rings is 1. The highest BCUT2D eigenvalue weighted by Gasteiger charge is 2.36. The number of carboxylic acids is 1. The Balaban J connectivity index is 1.12. The van der Waals surface area contributed by atoms with Crippen molar-refractivity contribution in [3.05, 3.63) is 111 Å². The first-order chi connectivity index (χ1) is 22.6. The number of aliphatic hydroxyl groups excluding tert-OH is 1. The molecular formula is C35H31F3N4O5. The van der Waals surface area contributed by atoms with Crippen LogP contribution in [0.15, 0.2) is 71.8 Å². The largest absolute Gasteiger partial charge is 0.492 e. The molecule has 47 heavy (non-hydrogen) atoms. The van der Waals surface area contributed by atoms with Gasteiger partial charge in [0.25, 0.3) is 0 Å². The Labute approximate surface area is 266 Å². The number of halogens is 3. The number of aliphatic hydroxyl groups is 1. The highest BCUT2D eigenvalue weighted by Crippen LogP contribution is 2.41. The molecule has 5 aromatic rings. The van der Waals surface area contributed by atoms with Crippen molar-refractivity contribution in [3.8, 4) is 5.75 Å². The fraction of sp³-hybridized carbons (Fsp3) is 0.286. The smallest absolute Gasteiger partial charge is 0.341 e. The number of nitrogens with one attached hydrogen (secondary N) is 1. The lowest BCUT2D eigenvalue weighted by Crippen LogP contribution is -2.58. The number of pyridine rings is 2. The molecule has 3 aromatic carbocycles. The molecule has 242 valence electrons. The lowest BCUT2D eigenvalue weighted by atomic mass is 9.98. The van der Waals surface area contributed by atoms with E-state index >= 15 is 13.2 Å². The van der Waals surface area contributed by atoms with Gasteiger partial charge >= 0.3 is 5.97 Å².